The lowest BCUT2D eigenvalue weighted by molar-refractivity contribution is -0.120. The fraction of sp³-hybridized carbons (Fsp3) is 0.417. The summed E-state index contributed by atoms with van der Waals surface area (Å²) in [5.74, 6) is 0.109. The van der Waals surface area contributed by atoms with Crippen LogP contribution in [0.1, 0.15) is 12.0 Å². The van der Waals surface area contributed by atoms with Crippen molar-refractivity contribution in [1.82, 2.24) is 10.6 Å². The number of thiophene rings is 1. The van der Waals surface area contributed by atoms with Crippen LogP contribution in [0, 0.1) is 0 Å². The number of carbonyl (C=O) groups excluding carboxylic acids is 1. The fourth-order valence-electron chi connectivity index (χ4n) is 1.68. The van der Waals surface area contributed by atoms with Gasteiger partial charge in [-0.3, -0.25) is 4.79 Å². The fourth-order valence-corrected chi connectivity index (χ4v) is 2.35. The van der Waals surface area contributed by atoms with Gasteiger partial charge in [0.1, 0.15) is 0 Å². The molecule has 17 heavy (non-hydrogen) atoms. The molecular formula is C12H17ClN2OS. The SMILES string of the molecule is Cl.O=C(Cc1ccsc1)NCC1=CCNCC1. The summed E-state index contributed by atoms with van der Waals surface area (Å²) < 4.78 is 0. The van der Waals surface area contributed by atoms with Gasteiger partial charge in [-0.25, -0.2) is 0 Å². The molecule has 0 aliphatic carbocycles. The summed E-state index contributed by atoms with van der Waals surface area (Å²) in [6, 6.07) is 1.99. The normalized spacial score (nSPS) is 14.7. The van der Waals surface area contributed by atoms with Crippen LogP contribution < -0.4 is 10.6 Å². The van der Waals surface area contributed by atoms with Crippen LogP contribution in [0.4, 0.5) is 0 Å². The Hall–Kier alpha value is -0.840. The van der Waals surface area contributed by atoms with E-state index in [9.17, 15) is 4.79 Å². The van der Waals surface area contributed by atoms with E-state index < -0.39 is 0 Å². The Morgan fingerprint density at radius 3 is 3.06 bits per heavy atom. The number of hydrogen-bond donors (Lipinski definition) is 2. The van der Waals surface area contributed by atoms with Crippen LogP contribution in [0.3, 0.4) is 0 Å². The van der Waals surface area contributed by atoms with Gasteiger partial charge in [0.2, 0.25) is 5.91 Å². The standard InChI is InChI=1S/C12H16N2OS.ClH/c15-12(7-11-3-6-16-9-11)14-8-10-1-4-13-5-2-10;/h1,3,6,9,13H,2,4-5,7-8H2,(H,14,15);1H. The van der Waals surface area contributed by atoms with E-state index in [0.29, 0.717) is 13.0 Å². The maximum Gasteiger partial charge on any atom is 0.224 e. The molecule has 0 radical (unpaired) electrons. The van der Waals surface area contributed by atoms with Crippen molar-refractivity contribution in [2.45, 2.75) is 12.8 Å². The average Bonchev–Trinajstić information content (AvgIpc) is 2.81. The van der Waals surface area contributed by atoms with Crippen molar-refractivity contribution >= 4 is 29.7 Å². The lowest BCUT2D eigenvalue weighted by Gasteiger charge is -2.14. The molecule has 1 aliphatic rings. The quantitative estimate of drug-likeness (QED) is 0.820. The van der Waals surface area contributed by atoms with Crippen molar-refractivity contribution in [3.05, 3.63) is 34.0 Å². The molecule has 0 unspecified atom stereocenters. The molecule has 0 bridgehead atoms. The Morgan fingerprint density at radius 1 is 1.53 bits per heavy atom. The van der Waals surface area contributed by atoms with E-state index in [1.165, 1.54) is 5.57 Å². The lowest BCUT2D eigenvalue weighted by Crippen LogP contribution is -2.30. The van der Waals surface area contributed by atoms with Crippen LogP contribution in [-0.2, 0) is 11.2 Å². The van der Waals surface area contributed by atoms with Crippen LogP contribution in [0.25, 0.3) is 0 Å². The molecule has 2 heterocycles. The van der Waals surface area contributed by atoms with E-state index in [-0.39, 0.29) is 18.3 Å². The molecule has 1 aliphatic heterocycles. The van der Waals surface area contributed by atoms with E-state index in [0.717, 1.165) is 25.1 Å². The van der Waals surface area contributed by atoms with Gasteiger partial charge in [0, 0.05) is 13.1 Å². The first-order chi connectivity index (χ1) is 7.84. The summed E-state index contributed by atoms with van der Waals surface area (Å²) in [6.45, 7) is 2.65. The van der Waals surface area contributed by atoms with Gasteiger partial charge >= 0.3 is 0 Å². The minimum Gasteiger partial charge on any atom is -0.352 e. The predicted octanol–water partition coefficient (Wildman–Crippen LogP) is 1.75. The minimum atomic E-state index is 0. The van der Waals surface area contributed by atoms with E-state index in [4.69, 9.17) is 0 Å². The smallest absolute Gasteiger partial charge is 0.224 e. The van der Waals surface area contributed by atoms with E-state index >= 15 is 0 Å². The lowest BCUT2D eigenvalue weighted by atomic mass is 10.1. The van der Waals surface area contributed by atoms with Crippen molar-refractivity contribution in [2.75, 3.05) is 19.6 Å². The maximum absolute atomic E-state index is 11.6. The first kappa shape index (κ1) is 14.2. The Balaban J connectivity index is 0.00000144. The van der Waals surface area contributed by atoms with Crippen LogP contribution in [0.15, 0.2) is 28.5 Å². The molecule has 0 saturated carbocycles. The van der Waals surface area contributed by atoms with Crippen molar-refractivity contribution in [3.63, 3.8) is 0 Å². The second kappa shape index (κ2) is 7.48. The number of halogens is 1. The second-order valence-electron chi connectivity index (χ2n) is 3.90. The monoisotopic (exact) mass is 272 g/mol. The molecule has 1 amide bonds. The molecule has 2 N–H and O–H groups in total. The van der Waals surface area contributed by atoms with Gasteiger partial charge < -0.3 is 10.6 Å². The first-order valence-electron chi connectivity index (χ1n) is 5.51. The molecule has 0 fully saturated rings. The summed E-state index contributed by atoms with van der Waals surface area (Å²) in [4.78, 5) is 11.6. The number of hydrogen-bond acceptors (Lipinski definition) is 3. The predicted molar refractivity (Wildman–Crippen MR) is 73.9 cm³/mol. The van der Waals surface area contributed by atoms with Gasteiger partial charge in [-0.05, 0) is 35.4 Å². The number of rotatable bonds is 4. The van der Waals surface area contributed by atoms with Crippen molar-refractivity contribution < 1.29 is 4.79 Å². The Bertz CT molecular complexity index is 376. The van der Waals surface area contributed by atoms with Gasteiger partial charge in [0.05, 0.1) is 6.42 Å². The summed E-state index contributed by atoms with van der Waals surface area (Å²) in [5.41, 5.74) is 2.43. The molecule has 2 rings (SSSR count). The molecule has 3 nitrogen and oxygen atoms in total. The molecule has 1 aromatic heterocycles. The third-order valence-corrected chi connectivity index (χ3v) is 3.35. The van der Waals surface area contributed by atoms with Crippen LogP contribution in [0.5, 0.6) is 0 Å². The number of amides is 1. The topological polar surface area (TPSA) is 41.1 Å². The van der Waals surface area contributed by atoms with E-state index in [1.807, 2.05) is 16.8 Å². The molecular weight excluding hydrogens is 256 g/mol. The van der Waals surface area contributed by atoms with Crippen molar-refractivity contribution in [1.29, 1.82) is 0 Å². The third kappa shape index (κ3) is 4.89. The Morgan fingerprint density at radius 2 is 2.41 bits per heavy atom. The highest BCUT2D eigenvalue weighted by Crippen LogP contribution is 2.07. The molecule has 0 spiro atoms. The highest BCUT2D eigenvalue weighted by atomic mass is 35.5. The minimum absolute atomic E-state index is 0. The zero-order valence-electron chi connectivity index (χ0n) is 9.57. The van der Waals surface area contributed by atoms with Crippen molar-refractivity contribution in [3.8, 4) is 0 Å². The number of nitrogens with one attached hydrogen (secondary N) is 2. The van der Waals surface area contributed by atoms with Crippen LogP contribution in [-0.4, -0.2) is 25.5 Å². The summed E-state index contributed by atoms with van der Waals surface area (Å²) in [6.07, 6.45) is 3.70. The largest absolute Gasteiger partial charge is 0.352 e. The summed E-state index contributed by atoms with van der Waals surface area (Å²) >= 11 is 1.63. The van der Waals surface area contributed by atoms with Gasteiger partial charge in [-0.1, -0.05) is 11.6 Å². The summed E-state index contributed by atoms with van der Waals surface area (Å²) in [5, 5.41) is 10.2. The molecule has 5 heteroatoms. The molecule has 94 valence electrons. The second-order valence-corrected chi connectivity index (χ2v) is 4.68. The van der Waals surface area contributed by atoms with Gasteiger partial charge in [-0.15, -0.1) is 12.4 Å². The zero-order valence-corrected chi connectivity index (χ0v) is 11.2. The Labute approximate surface area is 112 Å². The zero-order chi connectivity index (χ0) is 11.2. The van der Waals surface area contributed by atoms with E-state index in [2.05, 4.69) is 16.7 Å². The van der Waals surface area contributed by atoms with Crippen molar-refractivity contribution in [2.24, 2.45) is 0 Å². The molecule has 0 saturated heterocycles. The summed E-state index contributed by atoms with van der Waals surface area (Å²) in [7, 11) is 0. The maximum atomic E-state index is 11.6. The molecule has 0 atom stereocenters. The van der Waals surface area contributed by atoms with Gasteiger partial charge in [-0.2, -0.15) is 11.3 Å². The van der Waals surface area contributed by atoms with Crippen LogP contribution in [0.2, 0.25) is 0 Å². The number of carbonyl (C=O) groups is 1. The molecule has 1 aromatic rings. The van der Waals surface area contributed by atoms with E-state index in [1.54, 1.807) is 11.3 Å². The van der Waals surface area contributed by atoms with Gasteiger partial charge in [0.15, 0.2) is 0 Å². The Kier molecular flexibility index (Phi) is 6.26. The highest BCUT2D eigenvalue weighted by Gasteiger charge is 2.06. The highest BCUT2D eigenvalue weighted by molar-refractivity contribution is 7.07. The third-order valence-electron chi connectivity index (χ3n) is 2.62. The molecule has 0 aromatic carbocycles. The average molecular weight is 273 g/mol. The van der Waals surface area contributed by atoms with Crippen LogP contribution >= 0.6 is 23.7 Å². The first-order valence-corrected chi connectivity index (χ1v) is 6.45. The van der Waals surface area contributed by atoms with Gasteiger partial charge in [0.25, 0.3) is 0 Å².